The average molecular weight is 390 g/mol. The lowest BCUT2D eigenvalue weighted by atomic mass is 10.1. The molecule has 3 rings (SSSR count). The van der Waals surface area contributed by atoms with E-state index < -0.39 is 0 Å². The summed E-state index contributed by atoms with van der Waals surface area (Å²) >= 11 is 0. The van der Waals surface area contributed by atoms with Gasteiger partial charge in [0.05, 0.1) is 6.61 Å². The van der Waals surface area contributed by atoms with Crippen molar-refractivity contribution in [1.29, 1.82) is 0 Å². The molecule has 8 heteroatoms. The van der Waals surface area contributed by atoms with E-state index in [2.05, 4.69) is 28.1 Å². The van der Waals surface area contributed by atoms with E-state index in [1.54, 1.807) is 11.1 Å². The van der Waals surface area contributed by atoms with Crippen LogP contribution in [0.15, 0.2) is 18.3 Å². The summed E-state index contributed by atoms with van der Waals surface area (Å²) in [5.41, 5.74) is 7.85. The summed E-state index contributed by atoms with van der Waals surface area (Å²) < 4.78 is 5.78. The molecule has 1 aliphatic heterocycles. The number of carbonyl (C=O) groups is 2. The van der Waals surface area contributed by atoms with E-state index in [1.165, 1.54) is 18.4 Å². The predicted molar refractivity (Wildman–Crippen MR) is 106 cm³/mol. The molecule has 0 spiro atoms. The van der Waals surface area contributed by atoms with Crippen molar-refractivity contribution in [2.45, 2.75) is 51.5 Å². The number of hydrogen-bond acceptors (Lipinski definition) is 6. The number of ether oxygens (including phenoxy) is 1. The van der Waals surface area contributed by atoms with Crippen LogP contribution in [0.4, 0.5) is 4.79 Å². The van der Waals surface area contributed by atoms with Gasteiger partial charge in [-0.1, -0.05) is 13.3 Å². The van der Waals surface area contributed by atoms with Gasteiger partial charge in [-0.15, -0.1) is 0 Å². The third kappa shape index (κ3) is 6.45. The van der Waals surface area contributed by atoms with E-state index in [1.807, 2.05) is 12.1 Å². The normalized spacial score (nSPS) is 17.7. The number of nitrogens with zero attached hydrogens (tertiary/aromatic N) is 2. The average Bonchev–Trinajstić information content (AvgIpc) is 3.46. The summed E-state index contributed by atoms with van der Waals surface area (Å²) in [4.78, 5) is 28.5. The van der Waals surface area contributed by atoms with Crippen LogP contribution in [0.25, 0.3) is 0 Å². The van der Waals surface area contributed by atoms with Crippen LogP contribution in [-0.4, -0.2) is 48.1 Å². The molecule has 1 saturated heterocycles. The van der Waals surface area contributed by atoms with Crippen LogP contribution in [-0.2, 0) is 4.79 Å². The highest BCUT2D eigenvalue weighted by molar-refractivity contribution is 6.01. The number of rotatable bonds is 13. The summed E-state index contributed by atoms with van der Waals surface area (Å²) in [5.74, 6) is 1.21. The molecule has 1 saturated carbocycles. The van der Waals surface area contributed by atoms with Crippen molar-refractivity contribution < 1.29 is 14.3 Å². The molecule has 2 aliphatic rings. The Kier molecular flexibility index (Phi) is 7.62. The first-order valence-corrected chi connectivity index (χ1v) is 10.3. The molecule has 8 nitrogen and oxygen atoms in total. The van der Waals surface area contributed by atoms with Crippen LogP contribution in [0, 0.1) is 5.92 Å². The maximum atomic E-state index is 11.5. The van der Waals surface area contributed by atoms with Gasteiger partial charge in [-0.25, -0.2) is 9.78 Å². The fourth-order valence-corrected chi connectivity index (χ4v) is 3.18. The lowest BCUT2D eigenvalue weighted by Gasteiger charge is -2.19. The maximum absolute atomic E-state index is 11.5. The van der Waals surface area contributed by atoms with Crippen molar-refractivity contribution >= 4 is 11.9 Å². The Morgan fingerprint density at radius 1 is 1.32 bits per heavy atom. The Morgan fingerprint density at radius 2 is 2.18 bits per heavy atom. The molecular formula is C20H31N5O3. The number of hydrazine groups is 1. The van der Waals surface area contributed by atoms with Gasteiger partial charge in [0, 0.05) is 31.4 Å². The topological polar surface area (TPSA) is 95.6 Å². The second-order valence-corrected chi connectivity index (χ2v) is 7.55. The molecule has 2 heterocycles. The molecule has 0 aromatic carbocycles. The standard InChI is InChI=1S/C20H31N5O3/c1-2-17(16-8-10-21-19(12-16)28-14-15-6-7-15)24-22-9-4-3-5-11-25-13-18(26)23-20(25)27/h8,10,12,15,17,22,24H,2-7,9,11,13-14H2,1H3,(H,23,26,27). The summed E-state index contributed by atoms with van der Waals surface area (Å²) in [6.45, 7) is 4.58. The van der Waals surface area contributed by atoms with Gasteiger partial charge in [0.2, 0.25) is 11.8 Å². The lowest BCUT2D eigenvalue weighted by Crippen LogP contribution is -2.36. The van der Waals surface area contributed by atoms with Crippen molar-refractivity contribution in [3.63, 3.8) is 0 Å². The molecular weight excluding hydrogens is 358 g/mol. The van der Waals surface area contributed by atoms with Gasteiger partial charge in [0.25, 0.3) is 0 Å². The van der Waals surface area contributed by atoms with E-state index in [4.69, 9.17) is 4.74 Å². The zero-order valence-electron chi connectivity index (χ0n) is 16.6. The number of pyridine rings is 1. The highest BCUT2D eigenvalue weighted by Gasteiger charge is 2.25. The number of imide groups is 1. The molecule has 0 radical (unpaired) electrons. The fraction of sp³-hybridized carbons (Fsp3) is 0.650. The second kappa shape index (κ2) is 10.4. The Balaban J connectivity index is 1.30. The van der Waals surface area contributed by atoms with E-state index >= 15 is 0 Å². The summed E-state index contributed by atoms with van der Waals surface area (Å²) in [6.07, 6.45) is 8.19. The van der Waals surface area contributed by atoms with E-state index in [9.17, 15) is 9.59 Å². The third-order valence-corrected chi connectivity index (χ3v) is 5.11. The number of aromatic nitrogens is 1. The first-order chi connectivity index (χ1) is 13.7. The van der Waals surface area contributed by atoms with Gasteiger partial charge in [0.1, 0.15) is 6.54 Å². The minimum atomic E-state index is -0.270. The predicted octanol–water partition coefficient (Wildman–Crippen LogP) is 2.14. The first kappa shape index (κ1) is 20.5. The summed E-state index contributed by atoms with van der Waals surface area (Å²) in [7, 11) is 0. The van der Waals surface area contributed by atoms with Gasteiger partial charge >= 0.3 is 6.03 Å². The largest absolute Gasteiger partial charge is 0.477 e. The summed E-state index contributed by atoms with van der Waals surface area (Å²) in [5, 5.41) is 2.30. The van der Waals surface area contributed by atoms with Crippen molar-refractivity contribution in [2.24, 2.45) is 5.92 Å². The minimum absolute atomic E-state index is 0.190. The van der Waals surface area contributed by atoms with Crippen molar-refractivity contribution in [2.75, 3.05) is 26.2 Å². The number of unbranched alkanes of at least 4 members (excludes halogenated alkanes) is 2. The number of hydrogen-bond donors (Lipinski definition) is 3. The van der Waals surface area contributed by atoms with Gasteiger partial charge in [0.15, 0.2) is 0 Å². The monoisotopic (exact) mass is 389 g/mol. The maximum Gasteiger partial charge on any atom is 0.324 e. The molecule has 0 bridgehead atoms. The van der Waals surface area contributed by atoms with Gasteiger partial charge < -0.3 is 9.64 Å². The molecule has 1 aromatic heterocycles. The van der Waals surface area contributed by atoms with Crippen molar-refractivity contribution in [3.8, 4) is 5.88 Å². The van der Waals surface area contributed by atoms with Gasteiger partial charge in [-0.05, 0) is 49.7 Å². The van der Waals surface area contributed by atoms with E-state index in [0.717, 1.165) is 38.8 Å². The Labute approximate surface area is 166 Å². The number of nitrogens with one attached hydrogen (secondary N) is 3. The van der Waals surface area contributed by atoms with E-state index in [-0.39, 0.29) is 24.5 Å². The molecule has 1 unspecified atom stereocenters. The molecule has 3 N–H and O–H groups in total. The Bertz CT molecular complexity index is 665. The molecule has 3 amide bonds. The van der Waals surface area contributed by atoms with Gasteiger partial charge in [-0.2, -0.15) is 0 Å². The second-order valence-electron chi connectivity index (χ2n) is 7.55. The smallest absolute Gasteiger partial charge is 0.324 e. The quantitative estimate of drug-likeness (QED) is 0.272. The Morgan fingerprint density at radius 3 is 2.89 bits per heavy atom. The molecule has 2 fully saturated rings. The molecule has 154 valence electrons. The van der Waals surface area contributed by atoms with Crippen LogP contribution in [0.2, 0.25) is 0 Å². The SMILES string of the molecule is CCC(NNCCCCCN1CC(=O)NC1=O)c1ccnc(OCC2CC2)c1. The minimum Gasteiger partial charge on any atom is -0.477 e. The number of carbonyl (C=O) groups excluding carboxylic acids is 2. The van der Waals surface area contributed by atoms with Crippen LogP contribution in [0.3, 0.4) is 0 Å². The fourth-order valence-electron chi connectivity index (χ4n) is 3.18. The van der Waals surface area contributed by atoms with Crippen molar-refractivity contribution in [1.82, 2.24) is 26.1 Å². The molecule has 1 aliphatic carbocycles. The van der Waals surface area contributed by atoms with Crippen LogP contribution in [0.5, 0.6) is 5.88 Å². The Hall–Kier alpha value is -2.19. The molecule has 1 atom stereocenters. The molecule has 28 heavy (non-hydrogen) atoms. The first-order valence-electron chi connectivity index (χ1n) is 10.3. The number of urea groups is 1. The zero-order chi connectivity index (χ0) is 19.8. The van der Waals surface area contributed by atoms with Crippen LogP contribution in [0.1, 0.15) is 57.1 Å². The number of amides is 3. The molecule has 1 aromatic rings. The third-order valence-electron chi connectivity index (χ3n) is 5.11. The summed E-state index contributed by atoms with van der Waals surface area (Å²) in [6, 6.07) is 3.97. The highest BCUT2D eigenvalue weighted by Crippen LogP contribution is 2.29. The highest BCUT2D eigenvalue weighted by atomic mass is 16.5. The van der Waals surface area contributed by atoms with Crippen LogP contribution < -0.4 is 20.9 Å². The van der Waals surface area contributed by atoms with Gasteiger partial charge in [-0.3, -0.25) is 21.0 Å². The van der Waals surface area contributed by atoms with E-state index in [0.29, 0.717) is 18.3 Å². The lowest BCUT2D eigenvalue weighted by molar-refractivity contribution is -0.118. The van der Waals surface area contributed by atoms with Crippen molar-refractivity contribution in [3.05, 3.63) is 23.9 Å². The van der Waals surface area contributed by atoms with Crippen LogP contribution >= 0.6 is 0 Å². The zero-order valence-corrected chi connectivity index (χ0v) is 16.6.